The molecule has 0 aromatic heterocycles. The van der Waals surface area contributed by atoms with Gasteiger partial charge in [0.25, 0.3) is 0 Å². The topological polar surface area (TPSA) is 9.72 Å². The predicted octanol–water partition coefficient (Wildman–Crippen LogP) is 3.51. The number of nitrogens with zero attached hydrogens (tertiary/aromatic N) is 3. The van der Waals surface area contributed by atoms with Crippen molar-refractivity contribution in [2.45, 2.75) is 19.5 Å². The van der Waals surface area contributed by atoms with E-state index < -0.39 is 0 Å². The number of hydrogen-bond donors (Lipinski definition) is 0. The standard InChI is InChI=1S/C22H27N3/c1-23-13-15-24(16-14-23)17-19-8-10-20(11-9-19)18-25-12-4-6-21-5-2-3-7-22(21)25/h2-5,7-12H,6,13-18H2,1H3. The lowest BCUT2D eigenvalue weighted by Crippen LogP contribution is -2.43. The van der Waals surface area contributed by atoms with Crippen LogP contribution in [0.2, 0.25) is 0 Å². The Hall–Kier alpha value is -2.10. The van der Waals surface area contributed by atoms with E-state index in [1.165, 1.54) is 48.6 Å². The van der Waals surface area contributed by atoms with Crippen LogP contribution in [0.4, 0.5) is 5.69 Å². The zero-order valence-electron chi connectivity index (χ0n) is 15.1. The second-order valence-corrected chi connectivity index (χ2v) is 7.24. The number of anilines is 1. The maximum Gasteiger partial charge on any atom is 0.0475 e. The van der Waals surface area contributed by atoms with Crippen molar-refractivity contribution in [1.82, 2.24) is 9.80 Å². The van der Waals surface area contributed by atoms with Crippen molar-refractivity contribution in [3.63, 3.8) is 0 Å². The largest absolute Gasteiger partial charge is 0.344 e. The zero-order valence-corrected chi connectivity index (χ0v) is 15.1. The third-order valence-electron chi connectivity index (χ3n) is 5.30. The molecule has 0 saturated carbocycles. The number of hydrogen-bond acceptors (Lipinski definition) is 3. The highest BCUT2D eigenvalue weighted by molar-refractivity contribution is 5.59. The van der Waals surface area contributed by atoms with E-state index in [1.807, 2.05) is 0 Å². The number of likely N-dealkylation sites (N-methyl/N-ethyl adjacent to an activating group) is 1. The van der Waals surface area contributed by atoms with Gasteiger partial charge in [0.2, 0.25) is 0 Å². The SMILES string of the molecule is CN1CCN(Cc2ccc(CN3C=CCc4ccccc43)cc2)CC1. The molecule has 1 fully saturated rings. The minimum absolute atomic E-state index is 0.933. The summed E-state index contributed by atoms with van der Waals surface area (Å²) in [5, 5.41) is 0. The summed E-state index contributed by atoms with van der Waals surface area (Å²) in [5.41, 5.74) is 5.54. The van der Waals surface area contributed by atoms with Crippen LogP contribution in [0.1, 0.15) is 16.7 Å². The third-order valence-corrected chi connectivity index (χ3v) is 5.30. The van der Waals surface area contributed by atoms with Crippen LogP contribution in [0.15, 0.2) is 60.8 Å². The molecule has 3 nitrogen and oxygen atoms in total. The Balaban J connectivity index is 1.39. The fraction of sp³-hybridized carbons (Fsp3) is 0.364. The summed E-state index contributed by atoms with van der Waals surface area (Å²) in [7, 11) is 2.21. The second-order valence-electron chi connectivity index (χ2n) is 7.24. The van der Waals surface area contributed by atoms with E-state index in [1.54, 1.807) is 0 Å². The molecule has 0 amide bonds. The quantitative estimate of drug-likeness (QED) is 0.848. The van der Waals surface area contributed by atoms with Gasteiger partial charge in [-0.05, 0) is 36.2 Å². The maximum atomic E-state index is 2.55. The van der Waals surface area contributed by atoms with E-state index in [0.717, 1.165) is 19.5 Å². The molecule has 0 radical (unpaired) electrons. The molecule has 0 spiro atoms. The number of benzene rings is 2. The first-order valence-electron chi connectivity index (χ1n) is 9.28. The lowest BCUT2D eigenvalue weighted by molar-refractivity contribution is 0.148. The van der Waals surface area contributed by atoms with Gasteiger partial charge in [-0.2, -0.15) is 0 Å². The highest BCUT2D eigenvalue weighted by Crippen LogP contribution is 2.27. The fourth-order valence-corrected chi connectivity index (χ4v) is 3.70. The first-order chi connectivity index (χ1) is 12.3. The summed E-state index contributed by atoms with van der Waals surface area (Å²) in [4.78, 5) is 7.32. The lowest BCUT2D eigenvalue weighted by Gasteiger charge is -2.32. The van der Waals surface area contributed by atoms with Crippen molar-refractivity contribution >= 4 is 5.69 Å². The molecule has 25 heavy (non-hydrogen) atoms. The van der Waals surface area contributed by atoms with Gasteiger partial charge in [0.05, 0.1) is 0 Å². The van der Waals surface area contributed by atoms with Crippen LogP contribution in [0.5, 0.6) is 0 Å². The van der Waals surface area contributed by atoms with E-state index in [9.17, 15) is 0 Å². The first kappa shape index (κ1) is 16.4. The monoisotopic (exact) mass is 333 g/mol. The van der Waals surface area contributed by atoms with Crippen LogP contribution >= 0.6 is 0 Å². The molecule has 0 unspecified atom stereocenters. The minimum Gasteiger partial charge on any atom is -0.344 e. The van der Waals surface area contributed by atoms with E-state index in [0.29, 0.717) is 0 Å². The molecule has 0 aliphatic carbocycles. The summed E-state index contributed by atoms with van der Waals surface area (Å²) in [6.07, 6.45) is 5.52. The van der Waals surface area contributed by atoms with Crippen LogP contribution in [-0.2, 0) is 19.5 Å². The normalized spacial score (nSPS) is 18.4. The van der Waals surface area contributed by atoms with Crippen LogP contribution in [-0.4, -0.2) is 43.0 Å². The molecule has 4 rings (SSSR count). The number of allylic oxidation sites excluding steroid dienone is 1. The molecule has 2 aromatic carbocycles. The average Bonchev–Trinajstić information content (AvgIpc) is 2.65. The summed E-state index contributed by atoms with van der Waals surface area (Å²) in [6.45, 7) is 6.71. The van der Waals surface area contributed by atoms with Crippen LogP contribution in [0.25, 0.3) is 0 Å². The van der Waals surface area contributed by atoms with Gasteiger partial charge in [-0.1, -0.05) is 48.5 Å². The Bertz CT molecular complexity index is 727. The van der Waals surface area contributed by atoms with E-state index >= 15 is 0 Å². The van der Waals surface area contributed by atoms with Gasteiger partial charge in [0.15, 0.2) is 0 Å². The number of para-hydroxylation sites is 1. The summed E-state index contributed by atoms with van der Waals surface area (Å²) in [5.74, 6) is 0. The molecule has 2 heterocycles. The van der Waals surface area contributed by atoms with Gasteiger partial charge in [0.1, 0.15) is 0 Å². The van der Waals surface area contributed by atoms with Crippen LogP contribution < -0.4 is 4.90 Å². The lowest BCUT2D eigenvalue weighted by atomic mass is 10.0. The van der Waals surface area contributed by atoms with Crippen molar-refractivity contribution in [2.24, 2.45) is 0 Å². The second kappa shape index (κ2) is 7.42. The molecule has 0 N–H and O–H groups in total. The molecular weight excluding hydrogens is 306 g/mol. The fourth-order valence-electron chi connectivity index (χ4n) is 3.70. The van der Waals surface area contributed by atoms with E-state index in [4.69, 9.17) is 0 Å². The van der Waals surface area contributed by atoms with Gasteiger partial charge in [0, 0.05) is 51.2 Å². The molecule has 3 heteroatoms. The zero-order chi connectivity index (χ0) is 17.1. The molecule has 2 aromatic rings. The van der Waals surface area contributed by atoms with Gasteiger partial charge in [-0.25, -0.2) is 0 Å². The molecule has 2 aliphatic rings. The van der Waals surface area contributed by atoms with E-state index in [-0.39, 0.29) is 0 Å². The molecule has 130 valence electrons. The van der Waals surface area contributed by atoms with Crippen molar-refractivity contribution in [2.75, 3.05) is 38.1 Å². The maximum absolute atomic E-state index is 2.55. The highest BCUT2D eigenvalue weighted by Gasteiger charge is 2.14. The van der Waals surface area contributed by atoms with Gasteiger partial charge in [-0.3, -0.25) is 4.90 Å². The molecule has 1 saturated heterocycles. The van der Waals surface area contributed by atoms with Gasteiger partial charge >= 0.3 is 0 Å². The van der Waals surface area contributed by atoms with Gasteiger partial charge in [-0.15, -0.1) is 0 Å². The number of rotatable bonds is 4. The summed E-state index contributed by atoms with van der Waals surface area (Å²) >= 11 is 0. The smallest absolute Gasteiger partial charge is 0.0475 e. The van der Waals surface area contributed by atoms with E-state index in [2.05, 4.69) is 82.6 Å². The Morgan fingerprint density at radius 3 is 2.24 bits per heavy atom. The average molecular weight is 333 g/mol. The summed E-state index contributed by atoms with van der Waals surface area (Å²) in [6, 6.07) is 17.9. The summed E-state index contributed by atoms with van der Waals surface area (Å²) < 4.78 is 0. The van der Waals surface area contributed by atoms with Crippen LogP contribution in [0.3, 0.4) is 0 Å². The highest BCUT2D eigenvalue weighted by atomic mass is 15.2. The third kappa shape index (κ3) is 3.94. The van der Waals surface area contributed by atoms with Crippen molar-refractivity contribution in [3.05, 3.63) is 77.5 Å². The molecule has 2 aliphatic heterocycles. The predicted molar refractivity (Wildman–Crippen MR) is 105 cm³/mol. The van der Waals surface area contributed by atoms with Crippen molar-refractivity contribution in [1.29, 1.82) is 0 Å². The van der Waals surface area contributed by atoms with Crippen LogP contribution in [0, 0.1) is 0 Å². The minimum atomic E-state index is 0.933. The molecule has 0 atom stereocenters. The number of piperazine rings is 1. The van der Waals surface area contributed by atoms with Gasteiger partial charge < -0.3 is 9.80 Å². The van der Waals surface area contributed by atoms with Crippen molar-refractivity contribution in [3.8, 4) is 0 Å². The van der Waals surface area contributed by atoms with Crippen molar-refractivity contribution < 1.29 is 0 Å². The molecule has 0 bridgehead atoms. The Morgan fingerprint density at radius 1 is 0.800 bits per heavy atom. The molecular formula is C22H27N3. The Kier molecular flexibility index (Phi) is 4.86. The Labute approximate surface area is 151 Å². The number of fused-ring (bicyclic) bond motifs is 1. The Morgan fingerprint density at radius 2 is 1.48 bits per heavy atom. The first-order valence-corrected chi connectivity index (χ1v) is 9.28.